The molecule has 15 heavy (non-hydrogen) atoms. The summed E-state index contributed by atoms with van der Waals surface area (Å²) in [5, 5.41) is 0. The van der Waals surface area contributed by atoms with E-state index in [-0.39, 0.29) is 0 Å². The Kier molecular flexibility index (Phi) is 3.23. The van der Waals surface area contributed by atoms with Gasteiger partial charge in [-0.15, -0.1) is 11.3 Å². The molecule has 0 atom stereocenters. The smallest absolute Gasteiger partial charge is 0.184 e. The molecule has 0 aliphatic heterocycles. The second kappa shape index (κ2) is 4.64. The van der Waals surface area contributed by atoms with Crippen LogP contribution < -0.4 is 4.74 Å². The highest BCUT2D eigenvalue weighted by atomic mass is 35.5. The van der Waals surface area contributed by atoms with Crippen LogP contribution in [0.25, 0.3) is 10.2 Å². The molecular formula is C11H10ClNOS. The van der Waals surface area contributed by atoms with Crippen molar-refractivity contribution in [3.8, 4) is 5.75 Å². The minimum Gasteiger partial charge on any atom is -0.489 e. The number of thiazole rings is 1. The Balaban J connectivity index is 2.22. The third-order valence-corrected chi connectivity index (χ3v) is 3.04. The van der Waals surface area contributed by atoms with Gasteiger partial charge in [0.15, 0.2) is 4.47 Å². The first-order chi connectivity index (χ1) is 7.29. The third kappa shape index (κ3) is 2.49. The van der Waals surface area contributed by atoms with Crippen LogP contribution in [0, 0.1) is 0 Å². The van der Waals surface area contributed by atoms with Gasteiger partial charge in [0.25, 0.3) is 0 Å². The van der Waals surface area contributed by atoms with Crippen LogP contribution in [-0.4, -0.2) is 11.6 Å². The van der Waals surface area contributed by atoms with Crippen molar-refractivity contribution in [2.24, 2.45) is 0 Å². The van der Waals surface area contributed by atoms with E-state index in [2.05, 4.69) is 4.98 Å². The molecule has 78 valence electrons. The van der Waals surface area contributed by atoms with E-state index >= 15 is 0 Å². The predicted octanol–water partition coefficient (Wildman–Crippen LogP) is 3.90. The van der Waals surface area contributed by atoms with Gasteiger partial charge in [-0.2, -0.15) is 0 Å². The van der Waals surface area contributed by atoms with Crippen molar-refractivity contribution in [1.82, 2.24) is 4.98 Å². The summed E-state index contributed by atoms with van der Waals surface area (Å²) in [4.78, 5) is 4.17. The molecule has 1 heterocycles. The first-order valence-electron chi connectivity index (χ1n) is 4.59. The second-order valence-corrected chi connectivity index (χ2v) is 4.59. The van der Waals surface area contributed by atoms with Gasteiger partial charge >= 0.3 is 0 Å². The minimum atomic E-state index is 0.565. The zero-order valence-electron chi connectivity index (χ0n) is 8.24. The van der Waals surface area contributed by atoms with E-state index in [1.165, 1.54) is 11.3 Å². The number of halogens is 1. The molecule has 2 aromatic rings. The fourth-order valence-electron chi connectivity index (χ4n) is 1.21. The number of rotatable bonds is 3. The highest BCUT2D eigenvalue weighted by molar-refractivity contribution is 7.22. The molecule has 0 saturated heterocycles. The van der Waals surface area contributed by atoms with Crippen LogP contribution in [0.15, 0.2) is 30.4 Å². The highest BCUT2D eigenvalue weighted by Crippen LogP contribution is 2.28. The average Bonchev–Trinajstić information content (AvgIpc) is 2.57. The highest BCUT2D eigenvalue weighted by Gasteiger charge is 2.02. The molecule has 0 radical (unpaired) electrons. The van der Waals surface area contributed by atoms with Gasteiger partial charge in [-0.1, -0.05) is 23.8 Å². The van der Waals surface area contributed by atoms with E-state index in [1.807, 2.05) is 37.3 Å². The van der Waals surface area contributed by atoms with Gasteiger partial charge in [-0.3, -0.25) is 0 Å². The van der Waals surface area contributed by atoms with Crippen molar-refractivity contribution in [2.75, 3.05) is 6.61 Å². The number of allylic oxidation sites excluding steroid dienone is 1. The van der Waals surface area contributed by atoms with Crippen LogP contribution in [0.4, 0.5) is 0 Å². The topological polar surface area (TPSA) is 22.1 Å². The summed E-state index contributed by atoms with van der Waals surface area (Å²) in [6, 6.07) is 5.78. The van der Waals surface area contributed by atoms with Crippen molar-refractivity contribution in [2.45, 2.75) is 6.92 Å². The molecule has 0 amide bonds. The maximum Gasteiger partial charge on any atom is 0.184 e. The Morgan fingerprint density at radius 3 is 3.20 bits per heavy atom. The molecule has 4 heteroatoms. The van der Waals surface area contributed by atoms with E-state index in [9.17, 15) is 0 Å². The van der Waals surface area contributed by atoms with Gasteiger partial charge in [-0.25, -0.2) is 4.98 Å². The second-order valence-electron chi connectivity index (χ2n) is 2.98. The first-order valence-corrected chi connectivity index (χ1v) is 5.79. The normalized spacial score (nSPS) is 11.3. The van der Waals surface area contributed by atoms with Gasteiger partial charge < -0.3 is 4.74 Å². The van der Waals surface area contributed by atoms with Crippen molar-refractivity contribution in [3.63, 3.8) is 0 Å². The average molecular weight is 240 g/mol. The van der Waals surface area contributed by atoms with Crippen molar-refractivity contribution >= 4 is 33.2 Å². The maximum atomic E-state index is 5.82. The van der Waals surface area contributed by atoms with Crippen molar-refractivity contribution < 1.29 is 4.74 Å². The van der Waals surface area contributed by atoms with Crippen molar-refractivity contribution in [3.05, 3.63) is 34.8 Å². The van der Waals surface area contributed by atoms with E-state index in [1.54, 1.807) is 0 Å². The lowest BCUT2D eigenvalue weighted by Gasteiger charge is -2.01. The number of benzene rings is 1. The molecule has 0 N–H and O–H groups in total. The Hall–Kier alpha value is -1.06. The number of nitrogens with zero attached hydrogens (tertiary/aromatic N) is 1. The summed E-state index contributed by atoms with van der Waals surface area (Å²) < 4.78 is 7.13. The largest absolute Gasteiger partial charge is 0.489 e. The molecule has 0 aliphatic carbocycles. The van der Waals surface area contributed by atoms with Gasteiger partial charge in [0, 0.05) is 0 Å². The zero-order valence-corrected chi connectivity index (χ0v) is 9.81. The van der Waals surface area contributed by atoms with Gasteiger partial charge in [-0.05, 0) is 25.1 Å². The SMILES string of the molecule is C/C=C/COc1ccc2nc(Cl)sc2c1. The standard InChI is InChI=1S/C11H10ClNOS/c1-2-3-6-14-8-4-5-9-10(7-8)15-11(12)13-9/h2-5,7H,6H2,1H3/b3-2+. The molecule has 2 rings (SSSR count). The summed E-state index contributed by atoms with van der Waals surface area (Å²) in [7, 11) is 0. The lowest BCUT2D eigenvalue weighted by atomic mass is 10.3. The quantitative estimate of drug-likeness (QED) is 0.758. The van der Waals surface area contributed by atoms with Gasteiger partial charge in [0.1, 0.15) is 12.4 Å². The van der Waals surface area contributed by atoms with E-state index in [0.717, 1.165) is 16.0 Å². The Labute approximate surface area is 97.2 Å². The monoisotopic (exact) mass is 239 g/mol. The van der Waals surface area contributed by atoms with E-state index in [0.29, 0.717) is 11.1 Å². The molecule has 2 nitrogen and oxygen atoms in total. The number of fused-ring (bicyclic) bond motifs is 1. The molecule has 0 bridgehead atoms. The fourth-order valence-corrected chi connectivity index (χ4v) is 2.27. The lowest BCUT2D eigenvalue weighted by molar-refractivity contribution is 0.363. The molecule has 1 aromatic carbocycles. The zero-order chi connectivity index (χ0) is 10.7. The van der Waals surface area contributed by atoms with Crippen molar-refractivity contribution in [1.29, 1.82) is 0 Å². The molecular weight excluding hydrogens is 230 g/mol. The minimum absolute atomic E-state index is 0.565. The van der Waals surface area contributed by atoms with Crippen LogP contribution in [0.3, 0.4) is 0 Å². The summed E-state index contributed by atoms with van der Waals surface area (Å²) in [5.74, 6) is 0.848. The molecule has 0 unspecified atom stereocenters. The predicted molar refractivity (Wildman–Crippen MR) is 64.9 cm³/mol. The number of hydrogen-bond acceptors (Lipinski definition) is 3. The van der Waals surface area contributed by atoms with Crippen LogP contribution in [-0.2, 0) is 0 Å². The number of ether oxygens (including phenoxy) is 1. The molecule has 0 aliphatic rings. The maximum absolute atomic E-state index is 5.82. The summed E-state index contributed by atoms with van der Waals surface area (Å²) in [6.45, 7) is 2.56. The lowest BCUT2D eigenvalue weighted by Crippen LogP contribution is -1.92. The summed E-state index contributed by atoms with van der Waals surface area (Å²) in [6.07, 6.45) is 3.92. The van der Waals surface area contributed by atoms with E-state index < -0.39 is 0 Å². The molecule has 0 saturated carbocycles. The number of aromatic nitrogens is 1. The van der Waals surface area contributed by atoms with E-state index in [4.69, 9.17) is 16.3 Å². The van der Waals surface area contributed by atoms with Gasteiger partial charge in [0.05, 0.1) is 10.2 Å². The first kappa shape index (κ1) is 10.5. The Bertz CT molecular complexity index is 492. The van der Waals surface area contributed by atoms with Crippen LogP contribution in [0.1, 0.15) is 6.92 Å². The van der Waals surface area contributed by atoms with Gasteiger partial charge in [0.2, 0.25) is 0 Å². The molecule has 0 spiro atoms. The van der Waals surface area contributed by atoms with Crippen LogP contribution in [0.5, 0.6) is 5.75 Å². The molecule has 1 aromatic heterocycles. The third-order valence-electron chi connectivity index (χ3n) is 1.92. The summed E-state index contributed by atoms with van der Waals surface area (Å²) in [5.41, 5.74) is 0.920. The van der Waals surface area contributed by atoms with Crippen LogP contribution >= 0.6 is 22.9 Å². The fraction of sp³-hybridized carbons (Fsp3) is 0.182. The molecule has 0 fully saturated rings. The Morgan fingerprint density at radius 1 is 1.53 bits per heavy atom. The van der Waals surface area contributed by atoms with Crippen LogP contribution in [0.2, 0.25) is 4.47 Å². The summed E-state index contributed by atoms with van der Waals surface area (Å²) >= 11 is 7.28. The number of hydrogen-bond donors (Lipinski definition) is 0. The Morgan fingerprint density at radius 2 is 2.40 bits per heavy atom.